The molecular weight excluding hydrogens is 1150 g/mol. The summed E-state index contributed by atoms with van der Waals surface area (Å²) in [4.78, 5) is 112. The normalized spacial score (nSPS) is 29.4. The summed E-state index contributed by atoms with van der Waals surface area (Å²) in [5.74, 6) is -2.38. The number of aliphatic hydroxyl groups excluding tert-OH is 3. The Morgan fingerprint density at radius 3 is 1.97 bits per heavy atom. The molecule has 0 saturated carbocycles. The van der Waals surface area contributed by atoms with Crippen molar-refractivity contribution in [1.82, 2.24) is 58.9 Å². The highest BCUT2D eigenvalue weighted by atomic mass is 31.3. The van der Waals surface area contributed by atoms with Gasteiger partial charge < -0.3 is 85.4 Å². The molecular formula is C36H50N16O23P4. The quantitative estimate of drug-likeness (QED) is 0.0239. The van der Waals surface area contributed by atoms with E-state index < -0.39 is 141 Å². The van der Waals surface area contributed by atoms with Gasteiger partial charge in [0, 0.05) is 26.0 Å². The average Bonchev–Trinajstić information content (AvgIpc) is 4.44. The smallest absolute Gasteiger partial charge is 0.490 e. The Bertz CT molecular complexity index is 3620. The van der Waals surface area contributed by atoms with Gasteiger partial charge in [-0.3, -0.25) is 42.5 Å². The summed E-state index contributed by atoms with van der Waals surface area (Å²) in [6, 6.07) is 0. The molecule has 79 heavy (non-hydrogen) atoms. The SMILES string of the molecule is CCC(=O)NC[C@H]1[C@@H](O)[C@H](n2c[n+](C)c3c(=O)[nH]c(N)nc32)O[C@@H]1COP(=O)(O)OP(=O)(O)OP(=O)(O)OCC1O[C@@H](n2cnc3c(N)ncnc32)[C@H](OC)[C@@H]1P(=O)([O-])OC[C@H]1O[C@@H](n2cnc3c(=O)[nH]c(N)nc32)[C@H](O)[C@@H]1O. The summed E-state index contributed by atoms with van der Waals surface area (Å²) in [6.07, 6.45) is -12.0. The number of H-pyrrole nitrogens is 2. The molecule has 0 aliphatic carbocycles. The van der Waals surface area contributed by atoms with E-state index >= 15 is 0 Å². The van der Waals surface area contributed by atoms with Crippen LogP contribution in [0.25, 0.3) is 33.5 Å². The van der Waals surface area contributed by atoms with E-state index in [4.69, 9.17) is 49.7 Å². The van der Waals surface area contributed by atoms with Crippen LogP contribution in [0.15, 0.2) is 34.9 Å². The number of imidazole rings is 3. The fourth-order valence-electron chi connectivity index (χ4n) is 9.17. The van der Waals surface area contributed by atoms with Gasteiger partial charge in [0.15, 0.2) is 35.1 Å². The zero-order valence-corrected chi connectivity index (χ0v) is 44.5. The van der Waals surface area contributed by atoms with Crippen molar-refractivity contribution in [2.75, 3.05) is 50.7 Å². The summed E-state index contributed by atoms with van der Waals surface area (Å²) in [5, 5.41) is 35.9. The number of aryl methyl sites for hydroxylation is 1. The van der Waals surface area contributed by atoms with Gasteiger partial charge >= 0.3 is 29.0 Å². The topological polar surface area (TPSA) is 565 Å². The van der Waals surface area contributed by atoms with Crippen molar-refractivity contribution < 1.29 is 104 Å². The highest BCUT2D eigenvalue weighted by Crippen LogP contribution is 2.68. The molecule has 39 nitrogen and oxygen atoms in total. The van der Waals surface area contributed by atoms with Crippen LogP contribution in [0.2, 0.25) is 0 Å². The lowest BCUT2D eigenvalue weighted by Crippen LogP contribution is -2.40. The number of aromatic amines is 2. The van der Waals surface area contributed by atoms with Gasteiger partial charge in [-0.25, -0.2) is 38.2 Å². The minimum absolute atomic E-state index is 0.00211. The van der Waals surface area contributed by atoms with E-state index in [1.165, 1.54) is 29.4 Å². The van der Waals surface area contributed by atoms with Crippen LogP contribution in [0.4, 0.5) is 17.7 Å². The van der Waals surface area contributed by atoms with Crippen LogP contribution in [0.3, 0.4) is 0 Å². The Labute approximate surface area is 439 Å². The summed E-state index contributed by atoms with van der Waals surface area (Å²) >= 11 is 0. The van der Waals surface area contributed by atoms with Crippen molar-refractivity contribution in [3.63, 3.8) is 0 Å². The number of rotatable bonds is 21. The maximum absolute atomic E-state index is 14.3. The number of phosphoric acid groups is 3. The summed E-state index contributed by atoms with van der Waals surface area (Å²) in [6.45, 7) is -2.22. The van der Waals surface area contributed by atoms with Gasteiger partial charge in [0.2, 0.25) is 30.4 Å². The Kier molecular flexibility index (Phi) is 16.2. The summed E-state index contributed by atoms with van der Waals surface area (Å²) in [7, 11) is -21.2. The number of carbonyl (C=O) groups excluding carboxylic acids is 1. The van der Waals surface area contributed by atoms with Gasteiger partial charge in [-0.2, -0.15) is 23.2 Å². The number of anilines is 3. The van der Waals surface area contributed by atoms with E-state index in [0.717, 1.165) is 35.2 Å². The van der Waals surface area contributed by atoms with E-state index in [2.05, 4.69) is 53.8 Å². The predicted octanol–water partition coefficient (Wildman–Crippen LogP) is -4.49. The lowest BCUT2D eigenvalue weighted by Gasteiger charge is -2.35. The number of nitrogens with zero attached hydrogens (tertiary/aromatic N) is 10. The van der Waals surface area contributed by atoms with Gasteiger partial charge in [-0.05, 0) is 0 Å². The second-order valence-corrected chi connectivity index (χ2v) is 24.4. The third kappa shape index (κ3) is 11.7. The first-order chi connectivity index (χ1) is 37.1. The first kappa shape index (κ1) is 58.1. The molecule has 3 aliphatic heterocycles. The zero-order valence-electron chi connectivity index (χ0n) is 40.9. The average molecular weight is 1200 g/mol. The van der Waals surface area contributed by atoms with Gasteiger partial charge in [0.1, 0.15) is 50.0 Å². The highest BCUT2D eigenvalue weighted by Gasteiger charge is 2.55. The molecule has 43 heteroatoms. The van der Waals surface area contributed by atoms with Crippen molar-refractivity contribution in [2.45, 2.75) is 80.4 Å². The number of aliphatic hydroxyl groups is 3. The number of ether oxygens (including phenoxy) is 4. The molecule has 16 atom stereocenters. The van der Waals surface area contributed by atoms with Gasteiger partial charge in [0.05, 0.1) is 57.4 Å². The van der Waals surface area contributed by atoms with Gasteiger partial charge in [-0.15, -0.1) is 0 Å². The molecule has 0 radical (unpaired) electrons. The van der Waals surface area contributed by atoms with Crippen molar-refractivity contribution in [3.8, 4) is 0 Å². The van der Waals surface area contributed by atoms with Crippen LogP contribution in [0.5, 0.6) is 0 Å². The standard InChI is InChI=1S/C36H50N16O23P4/c1-4-17(53)40-5-13-14(71-32(21(13)54)52-12-49(2)20-29(52)46-36(39)48-31(20)58)6-69-77(61,62)74-79(65,66)75-78(63,64)70-8-16-25(24(67-3)34(73-16)50-10-43-18-26(37)41-9-42-27(18)50)76(59,60)68-7-15-22(55)23(56)33(72-15)51-11-44-19-28(51)45-35(38)47-30(19)57/h9-16,21-25,32-34,54-56H,4-8H2,1-3H3,(H12-,37,38,39,40,41,42,45,46,47,48,53,57,58,59,60,61,62,63,64,65,66)/t13-,14-,15-,16?,21-,22-,23-,24-,25-,32-,33-,34-/m1/s1. The Morgan fingerprint density at radius 2 is 1.32 bits per heavy atom. The number of nitrogens with two attached hydrogens (primary N) is 3. The van der Waals surface area contributed by atoms with E-state index in [1.54, 1.807) is 0 Å². The fourth-order valence-corrected chi connectivity index (χ4v) is 14.4. The number of nitrogen functional groups attached to an aromatic ring is 3. The number of methoxy groups -OCH3 is 1. The molecule has 3 saturated heterocycles. The third-order valence-corrected chi connectivity index (χ3v) is 18.9. The van der Waals surface area contributed by atoms with Crippen molar-refractivity contribution in [2.24, 2.45) is 13.0 Å². The van der Waals surface area contributed by atoms with Crippen molar-refractivity contribution in [3.05, 3.63) is 46.0 Å². The maximum Gasteiger partial charge on any atom is 0.490 e. The van der Waals surface area contributed by atoms with E-state index in [9.17, 15) is 67.5 Å². The molecule has 0 spiro atoms. The molecule has 0 bridgehead atoms. The molecule has 0 aromatic carbocycles. The molecule has 3 aliphatic rings. The van der Waals surface area contributed by atoms with Crippen LogP contribution in [0, 0.1) is 5.92 Å². The fraction of sp³-hybridized carbons (Fsp3) is 0.556. The van der Waals surface area contributed by atoms with Crippen LogP contribution in [0.1, 0.15) is 32.0 Å². The number of fused-ring (bicyclic) bond motifs is 3. The molecule has 9 heterocycles. The maximum atomic E-state index is 14.3. The minimum Gasteiger partial charge on any atom is -0.778 e. The van der Waals surface area contributed by atoms with E-state index in [0.29, 0.717) is 0 Å². The highest BCUT2D eigenvalue weighted by molar-refractivity contribution is 7.66. The second-order valence-electron chi connectivity index (χ2n) is 17.8. The third-order valence-electron chi connectivity index (χ3n) is 12.8. The molecule has 3 fully saturated rings. The first-order valence-electron chi connectivity index (χ1n) is 23.0. The summed E-state index contributed by atoms with van der Waals surface area (Å²) in [5.41, 5.74) is 13.4. The molecule has 1 amide bonds. The largest absolute Gasteiger partial charge is 0.778 e. The number of hydrogen-bond acceptors (Lipinski definition) is 29. The monoisotopic (exact) mass is 1200 g/mol. The Morgan fingerprint density at radius 1 is 0.747 bits per heavy atom. The number of nitrogens with one attached hydrogen (secondary N) is 3. The van der Waals surface area contributed by atoms with Crippen LogP contribution < -0.4 is 43.1 Å². The number of hydrogen-bond donors (Lipinski definition) is 12. The van der Waals surface area contributed by atoms with E-state index in [-0.39, 0.29) is 64.2 Å². The molecule has 6 aromatic rings. The van der Waals surface area contributed by atoms with Crippen LogP contribution in [-0.4, -0.2) is 171 Å². The van der Waals surface area contributed by atoms with Gasteiger partial charge in [-0.1, -0.05) is 6.92 Å². The zero-order chi connectivity index (χ0) is 57.3. The van der Waals surface area contributed by atoms with Crippen molar-refractivity contribution in [1.29, 1.82) is 0 Å². The second kappa shape index (κ2) is 22.0. The number of phosphoric ester groups is 2. The summed E-state index contributed by atoms with van der Waals surface area (Å²) < 4.78 is 106. The molecule has 9 rings (SSSR count). The van der Waals surface area contributed by atoms with Crippen LogP contribution >= 0.6 is 31.1 Å². The lowest BCUT2D eigenvalue weighted by molar-refractivity contribution is -0.646. The van der Waals surface area contributed by atoms with Crippen molar-refractivity contribution >= 4 is 88.2 Å². The number of carbonyl (C=O) groups is 1. The lowest BCUT2D eigenvalue weighted by atomic mass is 9.98. The Balaban J connectivity index is 0.894. The minimum atomic E-state index is -6.25. The molecule has 6 aromatic heterocycles. The number of amides is 1. The van der Waals surface area contributed by atoms with E-state index in [1.807, 2.05) is 0 Å². The Hall–Kier alpha value is -5.60. The predicted molar refractivity (Wildman–Crippen MR) is 256 cm³/mol. The molecule has 15 N–H and O–H groups in total. The van der Waals surface area contributed by atoms with Gasteiger partial charge in [0.25, 0.3) is 16.7 Å². The van der Waals surface area contributed by atoms with Crippen LogP contribution in [-0.2, 0) is 71.2 Å². The number of aromatic nitrogens is 12. The molecule has 5 unspecified atom stereocenters. The molecule has 432 valence electrons. The first-order valence-corrected chi connectivity index (χ1v) is 29.1.